The fourth-order valence-corrected chi connectivity index (χ4v) is 3.76. The van der Waals surface area contributed by atoms with Gasteiger partial charge in [0.2, 0.25) is 5.91 Å². The van der Waals surface area contributed by atoms with Gasteiger partial charge in [0.05, 0.1) is 6.54 Å². The van der Waals surface area contributed by atoms with Crippen LogP contribution in [0.4, 0.5) is 5.69 Å². The SMILES string of the molecule is C#Cc1cccc(N(Cc2cccs2)C(=O)[C@H]2CCOC[C@H]2C)c1. The molecule has 1 aromatic carbocycles. The Bertz CT molecular complexity index is 732. The molecule has 1 aliphatic rings. The fourth-order valence-electron chi connectivity index (χ4n) is 3.07. The van der Waals surface area contributed by atoms with E-state index in [1.807, 2.05) is 40.6 Å². The topological polar surface area (TPSA) is 29.5 Å². The number of anilines is 1. The van der Waals surface area contributed by atoms with E-state index >= 15 is 0 Å². The van der Waals surface area contributed by atoms with Crippen LogP contribution >= 0.6 is 11.3 Å². The summed E-state index contributed by atoms with van der Waals surface area (Å²) in [4.78, 5) is 16.3. The molecule has 0 spiro atoms. The molecule has 2 atom stereocenters. The van der Waals surface area contributed by atoms with E-state index in [9.17, 15) is 4.79 Å². The average molecular weight is 339 g/mol. The molecule has 0 radical (unpaired) electrons. The average Bonchev–Trinajstić information content (AvgIpc) is 3.13. The van der Waals surface area contributed by atoms with E-state index in [0.29, 0.717) is 19.8 Å². The minimum Gasteiger partial charge on any atom is -0.381 e. The van der Waals surface area contributed by atoms with Crippen molar-refractivity contribution in [1.29, 1.82) is 0 Å². The molecular formula is C20H21NO2S. The maximum Gasteiger partial charge on any atom is 0.230 e. The van der Waals surface area contributed by atoms with Crippen LogP contribution in [0.15, 0.2) is 41.8 Å². The molecule has 1 fully saturated rings. The Labute approximate surface area is 147 Å². The molecule has 0 unspecified atom stereocenters. The van der Waals surface area contributed by atoms with E-state index in [4.69, 9.17) is 11.2 Å². The van der Waals surface area contributed by atoms with Crippen LogP contribution in [-0.2, 0) is 16.1 Å². The van der Waals surface area contributed by atoms with Crippen molar-refractivity contribution in [2.24, 2.45) is 11.8 Å². The lowest BCUT2D eigenvalue weighted by Gasteiger charge is -2.33. The summed E-state index contributed by atoms with van der Waals surface area (Å²) in [5.41, 5.74) is 1.65. The van der Waals surface area contributed by atoms with Gasteiger partial charge < -0.3 is 9.64 Å². The monoisotopic (exact) mass is 339 g/mol. The Balaban J connectivity index is 1.91. The predicted octanol–water partition coefficient (Wildman–Crippen LogP) is 3.94. The number of terminal acetylenes is 1. The number of ether oxygens (including phenoxy) is 1. The summed E-state index contributed by atoms with van der Waals surface area (Å²) < 4.78 is 5.49. The molecule has 0 bridgehead atoms. The molecule has 0 saturated carbocycles. The maximum atomic E-state index is 13.3. The second-order valence-electron chi connectivity index (χ2n) is 6.15. The molecule has 1 aliphatic heterocycles. The lowest BCUT2D eigenvalue weighted by atomic mass is 9.88. The fraction of sp³-hybridized carbons (Fsp3) is 0.350. The minimum absolute atomic E-state index is 0.00629. The Kier molecular flexibility index (Phi) is 5.34. The molecule has 2 heterocycles. The zero-order valence-corrected chi connectivity index (χ0v) is 14.6. The van der Waals surface area contributed by atoms with Crippen molar-refractivity contribution in [1.82, 2.24) is 0 Å². The number of nitrogens with zero attached hydrogens (tertiary/aromatic N) is 1. The second-order valence-corrected chi connectivity index (χ2v) is 7.18. The first kappa shape index (κ1) is 16.8. The Morgan fingerprint density at radius 1 is 1.42 bits per heavy atom. The molecule has 3 rings (SSSR count). The van der Waals surface area contributed by atoms with Crippen molar-refractivity contribution in [3.8, 4) is 12.3 Å². The van der Waals surface area contributed by atoms with Crippen LogP contribution in [0.5, 0.6) is 0 Å². The summed E-state index contributed by atoms with van der Waals surface area (Å²) in [6, 6.07) is 11.7. The molecule has 1 saturated heterocycles. The smallest absolute Gasteiger partial charge is 0.230 e. The molecule has 4 heteroatoms. The lowest BCUT2D eigenvalue weighted by molar-refractivity contribution is -0.128. The number of rotatable bonds is 4. The van der Waals surface area contributed by atoms with Crippen molar-refractivity contribution in [3.05, 3.63) is 52.2 Å². The third-order valence-electron chi connectivity index (χ3n) is 4.44. The summed E-state index contributed by atoms with van der Waals surface area (Å²) in [6.45, 7) is 3.96. The third-order valence-corrected chi connectivity index (χ3v) is 5.30. The maximum absolute atomic E-state index is 13.3. The van der Waals surface area contributed by atoms with Gasteiger partial charge in [0, 0.05) is 35.3 Å². The molecule has 0 aliphatic carbocycles. The van der Waals surface area contributed by atoms with Crippen LogP contribution < -0.4 is 4.90 Å². The molecule has 1 aromatic heterocycles. The van der Waals surface area contributed by atoms with Gasteiger partial charge in [-0.05, 0) is 42.0 Å². The van der Waals surface area contributed by atoms with Crippen molar-refractivity contribution in [2.45, 2.75) is 19.9 Å². The van der Waals surface area contributed by atoms with Gasteiger partial charge in [0.25, 0.3) is 0 Å². The Hall–Kier alpha value is -2.09. The van der Waals surface area contributed by atoms with Gasteiger partial charge in [0.1, 0.15) is 0 Å². The highest BCUT2D eigenvalue weighted by atomic mass is 32.1. The summed E-state index contributed by atoms with van der Waals surface area (Å²) in [5.74, 6) is 3.04. The molecule has 24 heavy (non-hydrogen) atoms. The van der Waals surface area contributed by atoms with Crippen molar-refractivity contribution in [2.75, 3.05) is 18.1 Å². The van der Waals surface area contributed by atoms with E-state index in [2.05, 4.69) is 18.9 Å². The molecule has 124 valence electrons. The van der Waals surface area contributed by atoms with Crippen molar-refractivity contribution >= 4 is 22.9 Å². The van der Waals surface area contributed by atoms with Crippen molar-refractivity contribution < 1.29 is 9.53 Å². The molecule has 2 aromatic rings. The number of hydrogen-bond acceptors (Lipinski definition) is 3. The molecule has 3 nitrogen and oxygen atoms in total. The highest BCUT2D eigenvalue weighted by Crippen LogP contribution is 2.28. The van der Waals surface area contributed by atoms with Crippen LogP contribution in [-0.4, -0.2) is 19.1 Å². The van der Waals surface area contributed by atoms with Crippen LogP contribution in [0, 0.1) is 24.2 Å². The summed E-state index contributed by atoms with van der Waals surface area (Å²) in [5, 5.41) is 2.03. The first-order valence-corrected chi connectivity index (χ1v) is 9.05. The van der Waals surface area contributed by atoms with Gasteiger partial charge >= 0.3 is 0 Å². The standard InChI is InChI=1S/C20H21NO2S/c1-3-16-6-4-7-17(12-16)21(13-18-8-5-11-24-18)20(22)19-9-10-23-14-15(19)2/h1,4-8,11-12,15,19H,9-10,13-14H2,2H3/t15-,19+/m1/s1. The quantitative estimate of drug-likeness (QED) is 0.790. The van der Waals surface area contributed by atoms with E-state index in [-0.39, 0.29) is 17.7 Å². The van der Waals surface area contributed by atoms with Crippen molar-refractivity contribution in [3.63, 3.8) is 0 Å². The third kappa shape index (κ3) is 3.69. The first-order chi connectivity index (χ1) is 11.7. The normalized spacial score (nSPS) is 20.3. The Morgan fingerprint density at radius 2 is 2.29 bits per heavy atom. The number of carbonyl (C=O) groups excluding carboxylic acids is 1. The van der Waals surface area contributed by atoms with E-state index < -0.39 is 0 Å². The number of benzene rings is 1. The van der Waals surface area contributed by atoms with Gasteiger partial charge in [-0.3, -0.25) is 4.79 Å². The number of amides is 1. The zero-order valence-electron chi connectivity index (χ0n) is 13.8. The summed E-state index contributed by atoms with van der Waals surface area (Å²) >= 11 is 1.66. The number of thiophene rings is 1. The molecule has 1 amide bonds. The number of carbonyl (C=O) groups is 1. The van der Waals surface area contributed by atoms with Crippen LogP contribution in [0.2, 0.25) is 0 Å². The molecule has 0 N–H and O–H groups in total. The second kappa shape index (κ2) is 7.65. The van der Waals surface area contributed by atoms with E-state index in [1.54, 1.807) is 11.3 Å². The van der Waals surface area contributed by atoms with Gasteiger partial charge in [-0.15, -0.1) is 17.8 Å². The van der Waals surface area contributed by atoms with Crippen LogP contribution in [0.25, 0.3) is 0 Å². The molecular weight excluding hydrogens is 318 g/mol. The van der Waals surface area contributed by atoms with Gasteiger partial charge in [0.15, 0.2) is 0 Å². The van der Waals surface area contributed by atoms with Crippen LogP contribution in [0.3, 0.4) is 0 Å². The van der Waals surface area contributed by atoms with E-state index in [1.165, 1.54) is 0 Å². The van der Waals surface area contributed by atoms with Gasteiger partial charge in [-0.2, -0.15) is 0 Å². The number of hydrogen-bond donors (Lipinski definition) is 0. The first-order valence-electron chi connectivity index (χ1n) is 8.17. The largest absolute Gasteiger partial charge is 0.381 e. The Morgan fingerprint density at radius 3 is 3.00 bits per heavy atom. The van der Waals surface area contributed by atoms with Gasteiger partial charge in [-0.25, -0.2) is 0 Å². The van der Waals surface area contributed by atoms with E-state index in [0.717, 1.165) is 22.5 Å². The predicted molar refractivity (Wildman–Crippen MR) is 98.0 cm³/mol. The van der Waals surface area contributed by atoms with Crippen LogP contribution in [0.1, 0.15) is 23.8 Å². The lowest BCUT2D eigenvalue weighted by Crippen LogP contribution is -2.41. The minimum atomic E-state index is -0.00629. The summed E-state index contributed by atoms with van der Waals surface area (Å²) in [6.07, 6.45) is 6.30. The highest BCUT2D eigenvalue weighted by Gasteiger charge is 2.32. The highest BCUT2D eigenvalue weighted by molar-refractivity contribution is 7.09. The zero-order chi connectivity index (χ0) is 16.9. The summed E-state index contributed by atoms with van der Waals surface area (Å²) in [7, 11) is 0. The van der Waals surface area contributed by atoms with Gasteiger partial charge in [-0.1, -0.05) is 25.0 Å².